The normalized spacial score (nSPS) is 19.7. The molecule has 0 radical (unpaired) electrons. The maximum atomic E-state index is 14.9. The van der Waals surface area contributed by atoms with Gasteiger partial charge in [0.25, 0.3) is 11.8 Å². The molecule has 3 amide bonds. The molecule has 5 rings (SSSR count). The molecule has 3 fully saturated rings. The molecule has 42 heavy (non-hydrogen) atoms. The zero-order chi connectivity index (χ0) is 29.9. The first-order valence-corrected chi connectivity index (χ1v) is 14.9. The summed E-state index contributed by atoms with van der Waals surface area (Å²) in [6.45, 7) is 7.62. The van der Waals surface area contributed by atoms with Crippen LogP contribution in [0.1, 0.15) is 86.4 Å². The largest absolute Gasteiger partial charge is 0.444 e. The Balaban J connectivity index is 1.19. The molecule has 1 unspecified atom stereocenters. The number of likely N-dealkylation sites (tertiary alicyclic amines) is 1. The molecular weight excluding hydrogens is 541 g/mol. The predicted octanol–water partition coefficient (Wildman–Crippen LogP) is 4.59. The minimum Gasteiger partial charge on any atom is -0.444 e. The van der Waals surface area contributed by atoms with Crippen molar-refractivity contribution in [1.82, 2.24) is 25.1 Å². The summed E-state index contributed by atoms with van der Waals surface area (Å²) in [5.74, 6) is -1.04. The third-order valence-corrected chi connectivity index (χ3v) is 7.82. The second-order valence-corrected chi connectivity index (χ2v) is 12.3. The number of benzene rings is 1. The summed E-state index contributed by atoms with van der Waals surface area (Å²) in [6.07, 6.45) is 8.78. The maximum Gasteiger partial charge on any atom is 0.410 e. The van der Waals surface area contributed by atoms with E-state index in [9.17, 15) is 18.8 Å². The van der Waals surface area contributed by atoms with Crippen LogP contribution in [-0.2, 0) is 9.47 Å². The Bertz CT molecular complexity index is 1280. The van der Waals surface area contributed by atoms with Crippen LogP contribution in [-0.4, -0.2) is 87.7 Å². The first kappa shape index (κ1) is 29.9. The molecule has 1 aromatic carbocycles. The van der Waals surface area contributed by atoms with Gasteiger partial charge in [-0.05, 0) is 77.8 Å². The van der Waals surface area contributed by atoms with Gasteiger partial charge in [0.2, 0.25) is 0 Å². The van der Waals surface area contributed by atoms with Crippen LogP contribution < -0.4 is 5.32 Å². The minimum atomic E-state index is -0.670. The smallest absolute Gasteiger partial charge is 0.410 e. The fourth-order valence-electron chi connectivity index (χ4n) is 5.48. The number of nitrogens with one attached hydrogen (secondary N) is 1. The van der Waals surface area contributed by atoms with E-state index in [1.54, 1.807) is 11.0 Å². The lowest BCUT2D eigenvalue weighted by atomic mass is 10.0. The van der Waals surface area contributed by atoms with Gasteiger partial charge >= 0.3 is 6.09 Å². The standard InChI is InChI=1S/C31H40FN5O5/c1-31(2,3)42-30(40)36-13-11-23(12-14-36)37(22-8-9-22)29(39)21-17-33-27(34-18-21)20-7-10-25(26(32)16-20)28(38)35-19-24-6-4-5-15-41-24/h7,10,16-18,22-24H,4-6,8-9,11-15,19H2,1-3H3,(H,35,38). The van der Waals surface area contributed by atoms with Gasteiger partial charge in [-0.2, -0.15) is 0 Å². The van der Waals surface area contributed by atoms with Gasteiger partial charge in [0.15, 0.2) is 5.82 Å². The van der Waals surface area contributed by atoms with Crippen molar-refractivity contribution in [3.05, 3.63) is 47.5 Å². The van der Waals surface area contributed by atoms with Gasteiger partial charge in [0.1, 0.15) is 11.4 Å². The number of hydrogen-bond acceptors (Lipinski definition) is 7. The Hall–Kier alpha value is -3.60. The topological polar surface area (TPSA) is 114 Å². The van der Waals surface area contributed by atoms with Crippen molar-refractivity contribution < 1.29 is 28.2 Å². The van der Waals surface area contributed by atoms with Crippen LogP contribution >= 0.6 is 0 Å². The summed E-state index contributed by atoms with van der Waals surface area (Å²) in [6, 6.07) is 4.44. The van der Waals surface area contributed by atoms with Crippen LogP contribution in [0.15, 0.2) is 30.6 Å². The number of aromatic nitrogens is 2. The summed E-state index contributed by atoms with van der Waals surface area (Å²) in [5, 5.41) is 2.75. The van der Waals surface area contributed by atoms with Gasteiger partial charge in [-0.25, -0.2) is 19.2 Å². The van der Waals surface area contributed by atoms with Crippen LogP contribution in [0.2, 0.25) is 0 Å². The van der Waals surface area contributed by atoms with Crippen LogP contribution in [0.4, 0.5) is 9.18 Å². The fourth-order valence-corrected chi connectivity index (χ4v) is 5.48. The molecule has 3 aliphatic rings. The summed E-state index contributed by atoms with van der Waals surface area (Å²) in [4.78, 5) is 50.9. The fraction of sp³-hybridized carbons (Fsp3) is 0.581. The molecule has 0 spiro atoms. The highest BCUT2D eigenvalue weighted by atomic mass is 19.1. The molecule has 1 saturated carbocycles. The average molecular weight is 582 g/mol. The van der Waals surface area contributed by atoms with E-state index in [1.807, 2.05) is 25.7 Å². The summed E-state index contributed by atoms with van der Waals surface area (Å²) in [5.41, 5.74) is 0.163. The number of nitrogens with zero attached hydrogens (tertiary/aromatic N) is 4. The average Bonchev–Trinajstić information content (AvgIpc) is 3.81. The van der Waals surface area contributed by atoms with Crippen LogP contribution in [0.3, 0.4) is 0 Å². The van der Waals surface area contributed by atoms with Crippen molar-refractivity contribution in [2.45, 2.75) is 89.5 Å². The highest BCUT2D eigenvalue weighted by molar-refractivity contribution is 5.95. The third-order valence-electron chi connectivity index (χ3n) is 7.82. The van der Waals surface area contributed by atoms with E-state index in [4.69, 9.17) is 9.47 Å². The SMILES string of the molecule is CC(C)(C)OC(=O)N1CCC(N(C(=O)c2cnc(-c3ccc(C(=O)NCC4CCCCO4)c(F)c3)nc2)C2CC2)CC1. The van der Waals surface area contributed by atoms with E-state index in [-0.39, 0.29) is 41.6 Å². The van der Waals surface area contributed by atoms with Gasteiger partial charge in [-0.1, -0.05) is 6.07 Å². The Morgan fingerprint density at radius 3 is 2.33 bits per heavy atom. The second kappa shape index (κ2) is 12.7. The summed E-state index contributed by atoms with van der Waals surface area (Å²) < 4.78 is 26.0. The summed E-state index contributed by atoms with van der Waals surface area (Å²) >= 11 is 0. The lowest BCUT2D eigenvalue weighted by molar-refractivity contribution is 0.0142. The number of hydrogen-bond donors (Lipinski definition) is 1. The number of amides is 3. The highest BCUT2D eigenvalue weighted by Gasteiger charge is 2.40. The van der Waals surface area contributed by atoms with Crippen molar-refractivity contribution >= 4 is 17.9 Å². The third kappa shape index (κ3) is 7.42. The number of piperidine rings is 1. The van der Waals surface area contributed by atoms with E-state index in [0.717, 1.165) is 32.1 Å². The second-order valence-electron chi connectivity index (χ2n) is 12.3. The first-order valence-electron chi connectivity index (χ1n) is 14.9. The molecular formula is C31H40FN5O5. The Morgan fingerprint density at radius 2 is 1.74 bits per heavy atom. The Morgan fingerprint density at radius 1 is 1.05 bits per heavy atom. The number of halogens is 1. The minimum absolute atomic E-state index is 0.0147. The van der Waals surface area contributed by atoms with Crippen LogP contribution in [0.25, 0.3) is 11.4 Å². The van der Waals surface area contributed by atoms with E-state index < -0.39 is 17.3 Å². The molecule has 0 bridgehead atoms. The van der Waals surface area contributed by atoms with Gasteiger partial charge < -0.3 is 24.6 Å². The maximum absolute atomic E-state index is 14.9. The van der Waals surface area contributed by atoms with Crippen molar-refractivity contribution in [3.8, 4) is 11.4 Å². The van der Waals surface area contributed by atoms with Gasteiger partial charge in [-0.15, -0.1) is 0 Å². The van der Waals surface area contributed by atoms with Gasteiger partial charge in [0, 0.05) is 56.3 Å². The summed E-state index contributed by atoms with van der Waals surface area (Å²) in [7, 11) is 0. The molecule has 10 nitrogen and oxygen atoms in total. The highest BCUT2D eigenvalue weighted by Crippen LogP contribution is 2.33. The quantitative estimate of drug-likeness (QED) is 0.509. The molecule has 226 valence electrons. The molecule has 1 aromatic heterocycles. The lowest BCUT2D eigenvalue weighted by Gasteiger charge is -2.39. The first-order chi connectivity index (χ1) is 20.1. The number of ether oxygens (including phenoxy) is 2. The number of carbonyl (C=O) groups is 3. The number of rotatable bonds is 7. The van der Waals surface area contributed by atoms with Crippen molar-refractivity contribution in [3.63, 3.8) is 0 Å². The van der Waals surface area contributed by atoms with E-state index in [0.29, 0.717) is 50.2 Å². The molecule has 1 atom stereocenters. The Labute approximate surface area is 246 Å². The zero-order valence-electron chi connectivity index (χ0n) is 24.6. The van der Waals surface area contributed by atoms with Gasteiger partial charge in [-0.3, -0.25) is 9.59 Å². The van der Waals surface area contributed by atoms with Crippen LogP contribution in [0, 0.1) is 5.82 Å². The van der Waals surface area contributed by atoms with Crippen LogP contribution in [0.5, 0.6) is 0 Å². The molecule has 2 aliphatic heterocycles. The van der Waals surface area contributed by atoms with Crippen molar-refractivity contribution in [1.29, 1.82) is 0 Å². The molecule has 3 heterocycles. The molecule has 11 heteroatoms. The lowest BCUT2D eigenvalue weighted by Crippen LogP contribution is -2.50. The van der Waals surface area contributed by atoms with Gasteiger partial charge in [0.05, 0.1) is 17.2 Å². The van der Waals surface area contributed by atoms with E-state index in [1.165, 1.54) is 24.5 Å². The Kier molecular flexibility index (Phi) is 9.05. The van der Waals surface area contributed by atoms with E-state index >= 15 is 0 Å². The van der Waals surface area contributed by atoms with Crippen molar-refractivity contribution in [2.24, 2.45) is 0 Å². The van der Waals surface area contributed by atoms with Crippen molar-refractivity contribution in [2.75, 3.05) is 26.2 Å². The molecule has 1 aliphatic carbocycles. The molecule has 2 saturated heterocycles. The monoisotopic (exact) mass is 581 g/mol. The molecule has 1 N–H and O–H groups in total. The molecule has 2 aromatic rings. The van der Waals surface area contributed by atoms with E-state index in [2.05, 4.69) is 15.3 Å². The number of carbonyl (C=O) groups excluding carboxylic acids is 3. The zero-order valence-corrected chi connectivity index (χ0v) is 24.6. The predicted molar refractivity (Wildman–Crippen MR) is 153 cm³/mol.